The first-order chi connectivity index (χ1) is 29.7. The topological polar surface area (TPSA) is 16.4 Å². The van der Waals surface area contributed by atoms with Crippen molar-refractivity contribution in [1.29, 1.82) is 0 Å². The van der Waals surface area contributed by atoms with Gasteiger partial charge in [0.15, 0.2) is 0 Å². The molecule has 1 heterocycles. The van der Waals surface area contributed by atoms with Crippen LogP contribution >= 0.6 is 0 Å². The van der Waals surface area contributed by atoms with Crippen molar-refractivity contribution in [3.63, 3.8) is 0 Å². The Balaban J connectivity index is 0.948. The van der Waals surface area contributed by atoms with Crippen molar-refractivity contribution in [3.8, 4) is 55.8 Å². The van der Waals surface area contributed by atoms with Gasteiger partial charge in [0.2, 0.25) is 0 Å². The summed E-state index contributed by atoms with van der Waals surface area (Å²) in [5, 5.41) is 6.00. The molecule has 0 saturated heterocycles. The summed E-state index contributed by atoms with van der Waals surface area (Å²) in [4.78, 5) is 2.39. The Kier molecular flexibility index (Phi) is 8.87. The number of fused-ring (bicyclic) bond motifs is 3. The van der Waals surface area contributed by atoms with Crippen molar-refractivity contribution in [3.05, 3.63) is 237 Å². The third kappa shape index (κ3) is 6.61. The Bertz CT molecular complexity index is 3270. The molecule has 0 aliphatic rings. The summed E-state index contributed by atoms with van der Waals surface area (Å²) in [5.74, 6) is 0.877. The smallest absolute Gasteiger partial charge is 0.135 e. The minimum atomic E-state index is 0.877. The van der Waals surface area contributed by atoms with Gasteiger partial charge in [-0.05, 0) is 115 Å². The van der Waals surface area contributed by atoms with Gasteiger partial charge in [0.1, 0.15) is 11.3 Å². The van der Waals surface area contributed by atoms with Gasteiger partial charge < -0.3 is 9.32 Å². The summed E-state index contributed by atoms with van der Waals surface area (Å²) in [5.41, 5.74) is 14.8. The lowest BCUT2D eigenvalue weighted by Gasteiger charge is -2.28. The van der Waals surface area contributed by atoms with Crippen molar-refractivity contribution in [2.75, 3.05) is 4.90 Å². The van der Waals surface area contributed by atoms with Gasteiger partial charge in [0.25, 0.3) is 0 Å². The maximum absolute atomic E-state index is 6.22. The van der Waals surface area contributed by atoms with Crippen LogP contribution in [0.4, 0.5) is 17.1 Å². The normalized spacial score (nSPS) is 11.3. The summed E-state index contributed by atoms with van der Waals surface area (Å²) < 4.78 is 6.22. The molecule has 282 valence electrons. The van der Waals surface area contributed by atoms with E-state index in [9.17, 15) is 0 Å². The van der Waals surface area contributed by atoms with Gasteiger partial charge in [0, 0.05) is 27.9 Å². The number of hydrogen-bond acceptors (Lipinski definition) is 2. The lowest BCUT2D eigenvalue weighted by Crippen LogP contribution is -2.11. The molecule has 60 heavy (non-hydrogen) atoms. The zero-order valence-corrected chi connectivity index (χ0v) is 32.9. The van der Waals surface area contributed by atoms with Gasteiger partial charge in [-0.1, -0.05) is 182 Å². The molecule has 0 unspecified atom stereocenters. The Morgan fingerprint density at radius 2 is 0.833 bits per heavy atom. The number of hydrogen-bond donors (Lipinski definition) is 0. The SMILES string of the molecule is c1ccc(-c2ccccc2N(c2ccc(-c3ccc(-c4cccc5ccccc45)cc3)cc2)c2ccc3cc(-c4cccc(-c5cc6ccccc6o5)c4)ccc3c2)cc1. The molecule has 0 fully saturated rings. The quantitative estimate of drug-likeness (QED) is 0.153. The van der Waals surface area contributed by atoms with Gasteiger partial charge in [-0.15, -0.1) is 0 Å². The van der Waals surface area contributed by atoms with Crippen LogP contribution in [-0.2, 0) is 0 Å². The fourth-order valence-electron chi connectivity index (χ4n) is 8.61. The number of anilines is 3. The highest BCUT2D eigenvalue weighted by atomic mass is 16.3. The Morgan fingerprint density at radius 3 is 1.68 bits per heavy atom. The lowest BCUT2D eigenvalue weighted by atomic mass is 9.96. The van der Waals surface area contributed by atoms with E-state index in [0.717, 1.165) is 44.9 Å². The monoisotopic (exact) mass is 765 g/mol. The second-order valence-electron chi connectivity index (χ2n) is 15.3. The van der Waals surface area contributed by atoms with Crippen LogP contribution in [0.1, 0.15) is 0 Å². The first-order valence-electron chi connectivity index (χ1n) is 20.5. The van der Waals surface area contributed by atoms with Gasteiger partial charge in [-0.25, -0.2) is 0 Å². The zero-order valence-electron chi connectivity index (χ0n) is 32.9. The summed E-state index contributed by atoms with van der Waals surface area (Å²) >= 11 is 0. The molecule has 0 spiro atoms. The van der Waals surface area contributed by atoms with Gasteiger partial charge in [-0.3, -0.25) is 0 Å². The van der Waals surface area contributed by atoms with Crippen LogP contribution in [0.5, 0.6) is 0 Å². The van der Waals surface area contributed by atoms with Crippen molar-refractivity contribution < 1.29 is 4.42 Å². The van der Waals surface area contributed by atoms with Crippen molar-refractivity contribution in [2.24, 2.45) is 0 Å². The predicted octanol–water partition coefficient (Wildman–Crippen LogP) is 16.5. The molecule has 0 atom stereocenters. The standard InChI is InChI=1S/C58H39NO/c1-2-12-43(13-3-1)55-20-7-8-22-56(55)59(51-33-30-41(31-34-51)40-24-26-44(27-25-40)54-21-11-16-42-14-4-6-19-53(42)54)52-35-32-47-36-46(28-29-48(47)38-52)45-17-10-18-49(37-45)58-39-50-15-5-9-23-57(50)60-58/h1-39H. The van der Waals surface area contributed by atoms with Crippen LogP contribution < -0.4 is 4.90 Å². The number of rotatable bonds is 8. The van der Waals surface area contributed by atoms with E-state index in [1.54, 1.807) is 0 Å². The molecule has 0 aliphatic carbocycles. The zero-order chi connectivity index (χ0) is 39.8. The minimum absolute atomic E-state index is 0.877. The summed E-state index contributed by atoms with van der Waals surface area (Å²) in [6, 6.07) is 84.9. The molecule has 2 heteroatoms. The summed E-state index contributed by atoms with van der Waals surface area (Å²) in [7, 11) is 0. The molecule has 11 rings (SSSR count). The van der Waals surface area contributed by atoms with E-state index in [-0.39, 0.29) is 0 Å². The van der Waals surface area contributed by atoms with Crippen LogP contribution in [0.25, 0.3) is 88.3 Å². The van der Waals surface area contributed by atoms with Gasteiger partial charge in [0.05, 0.1) is 5.69 Å². The predicted molar refractivity (Wildman–Crippen MR) is 253 cm³/mol. The highest BCUT2D eigenvalue weighted by Crippen LogP contribution is 2.43. The minimum Gasteiger partial charge on any atom is -0.456 e. The molecule has 0 N–H and O–H groups in total. The molecule has 0 aliphatic heterocycles. The Hall–Kier alpha value is -7.94. The van der Waals surface area contributed by atoms with Crippen molar-refractivity contribution in [1.82, 2.24) is 0 Å². The lowest BCUT2D eigenvalue weighted by molar-refractivity contribution is 0.631. The molecule has 10 aromatic carbocycles. The highest BCUT2D eigenvalue weighted by molar-refractivity contribution is 5.98. The van der Waals surface area contributed by atoms with Crippen LogP contribution in [-0.4, -0.2) is 0 Å². The third-order valence-corrected chi connectivity index (χ3v) is 11.7. The maximum Gasteiger partial charge on any atom is 0.135 e. The van der Waals surface area contributed by atoms with E-state index in [2.05, 4.69) is 223 Å². The van der Waals surface area contributed by atoms with Crippen molar-refractivity contribution in [2.45, 2.75) is 0 Å². The molecule has 1 aromatic heterocycles. The Morgan fingerprint density at radius 1 is 0.283 bits per heavy atom. The average Bonchev–Trinajstić information content (AvgIpc) is 3.77. The molecular formula is C58H39NO. The number of benzene rings is 10. The third-order valence-electron chi connectivity index (χ3n) is 11.7. The number of para-hydroxylation sites is 2. The fourth-order valence-corrected chi connectivity index (χ4v) is 8.61. The van der Waals surface area contributed by atoms with Gasteiger partial charge >= 0.3 is 0 Å². The average molecular weight is 766 g/mol. The number of nitrogens with zero attached hydrogens (tertiary/aromatic N) is 1. The Labute approximate surface area is 349 Å². The van der Waals surface area contributed by atoms with Gasteiger partial charge in [-0.2, -0.15) is 0 Å². The number of furan rings is 1. The highest BCUT2D eigenvalue weighted by Gasteiger charge is 2.18. The maximum atomic E-state index is 6.22. The van der Waals surface area contributed by atoms with Crippen LogP contribution in [0.15, 0.2) is 241 Å². The van der Waals surface area contributed by atoms with Crippen molar-refractivity contribution >= 4 is 49.6 Å². The molecule has 2 nitrogen and oxygen atoms in total. The molecule has 0 radical (unpaired) electrons. The van der Waals surface area contributed by atoms with Crippen LogP contribution in [0.3, 0.4) is 0 Å². The van der Waals surface area contributed by atoms with E-state index in [1.807, 2.05) is 18.2 Å². The summed E-state index contributed by atoms with van der Waals surface area (Å²) in [6.07, 6.45) is 0. The molecular weight excluding hydrogens is 727 g/mol. The van der Waals surface area contributed by atoms with E-state index in [1.165, 1.54) is 60.5 Å². The molecule has 0 bridgehead atoms. The van der Waals surface area contributed by atoms with Crippen LogP contribution in [0.2, 0.25) is 0 Å². The van der Waals surface area contributed by atoms with E-state index in [0.29, 0.717) is 0 Å². The second kappa shape index (κ2) is 15.1. The molecule has 11 aromatic rings. The first kappa shape index (κ1) is 35.2. The second-order valence-corrected chi connectivity index (χ2v) is 15.3. The summed E-state index contributed by atoms with van der Waals surface area (Å²) in [6.45, 7) is 0. The largest absolute Gasteiger partial charge is 0.456 e. The first-order valence-corrected chi connectivity index (χ1v) is 20.5. The molecule has 0 amide bonds. The van der Waals surface area contributed by atoms with E-state index >= 15 is 0 Å². The fraction of sp³-hybridized carbons (Fsp3) is 0. The van der Waals surface area contributed by atoms with E-state index in [4.69, 9.17) is 4.42 Å². The van der Waals surface area contributed by atoms with Crippen LogP contribution in [0, 0.1) is 0 Å². The van der Waals surface area contributed by atoms with E-state index < -0.39 is 0 Å². The molecule has 0 saturated carbocycles.